The molecule has 1 N–H and O–H groups in total. The number of fused-ring (bicyclic) bond motifs is 4. The van der Waals surface area contributed by atoms with Gasteiger partial charge in [0.1, 0.15) is 17.9 Å². The van der Waals surface area contributed by atoms with Crippen molar-refractivity contribution in [3.8, 4) is 46.6 Å². The molecule has 4 heterocycles. The number of rotatable bonds is 3. The molecule has 0 saturated carbocycles. The number of benzene rings is 4. The van der Waals surface area contributed by atoms with Crippen LogP contribution in [0.15, 0.2) is 85.2 Å². The molecule has 0 bridgehead atoms. The molecule has 1 atom stereocenters. The summed E-state index contributed by atoms with van der Waals surface area (Å²) in [7, 11) is -1.52. The molecule has 0 aliphatic carbocycles. The minimum absolute atomic E-state index is 0. The number of methoxy groups -OCH3 is 1. The first-order chi connectivity index (χ1) is 23.7. The fourth-order valence-electron chi connectivity index (χ4n) is 4.80. The van der Waals surface area contributed by atoms with E-state index < -0.39 is 8.25 Å². The van der Waals surface area contributed by atoms with Crippen LogP contribution < -0.4 is 137 Å². The summed E-state index contributed by atoms with van der Waals surface area (Å²) in [5.74, 6) is 3.59. The first-order valence-electron chi connectivity index (χ1n) is 14.2. The SMILES string of the molecule is COc1ccc(-n2cc(C#N)c3cc4c(cc32)OCO4)cc1.Cc1ccc(I)cc1.N#Cc1c[nH]c2cc3c(cc12)OCO3.O=[P+]([O-])O[O-].[H-].[K+].[K+]. The van der Waals surface area contributed by atoms with Crippen molar-refractivity contribution in [2.75, 3.05) is 20.7 Å². The molecule has 4 aromatic carbocycles. The molecule has 51 heavy (non-hydrogen) atoms. The van der Waals surface area contributed by atoms with Gasteiger partial charge >= 0.3 is 111 Å². The van der Waals surface area contributed by atoms with Crippen LogP contribution in [0.1, 0.15) is 18.1 Å². The predicted molar refractivity (Wildman–Crippen MR) is 184 cm³/mol. The van der Waals surface area contributed by atoms with Gasteiger partial charge in [-0.1, -0.05) is 17.7 Å². The van der Waals surface area contributed by atoms with Gasteiger partial charge in [-0.2, -0.15) is 10.5 Å². The number of nitrogens with one attached hydrogen (secondary N) is 1. The third-order valence-corrected chi connectivity index (χ3v) is 7.98. The molecule has 0 fully saturated rings. The molecule has 2 aromatic heterocycles. The first-order valence-corrected chi connectivity index (χ1v) is 16.4. The zero-order valence-electron chi connectivity index (χ0n) is 28.8. The Kier molecular flexibility index (Phi) is 17.8. The maximum Gasteiger partial charge on any atom is 1.00 e. The van der Waals surface area contributed by atoms with E-state index in [0.717, 1.165) is 39.0 Å². The van der Waals surface area contributed by atoms with Gasteiger partial charge in [-0.15, -0.1) is 0 Å². The summed E-state index contributed by atoms with van der Waals surface area (Å²) in [5, 5.41) is 28.5. The molecule has 13 nitrogen and oxygen atoms in total. The van der Waals surface area contributed by atoms with Gasteiger partial charge in [0.15, 0.2) is 23.0 Å². The fourth-order valence-corrected chi connectivity index (χ4v) is 5.16. The molecule has 0 saturated heterocycles. The normalized spacial score (nSPS) is 11.5. The van der Waals surface area contributed by atoms with Crippen molar-refractivity contribution in [1.82, 2.24) is 9.55 Å². The van der Waals surface area contributed by atoms with Gasteiger partial charge in [0, 0.05) is 44.6 Å². The minimum atomic E-state index is -3.15. The van der Waals surface area contributed by atoms with Crippen molar-refractivity contribution in [3.63, 3.8) is 0 Å². The van der Waals surface area contributed by atoms with E-state index in [1.165, 1.54) is 9.13 Å². The molecule has 8 rings (SSSR count). The molecular weight excluding hydrogens is 844 g/mol. The van der Waals surface area contributed by atoms with Crippen LogP contribution in [0.4, 0.5) is 0 Å². The molecule has 2 aliphatic heterocycles. The predicted octanol–water partition coefficient (Wildman–Crippen LogP) is 0.0239. The number of aromatic amines is 1. The van der Waals surface area contributed by atoms with E-state index in [9.17, 15) is 5.26 Å². The zero-order chi connectivity index (χ0) is 34.9. The van der Waals surface area contributed by atoms with Crippen LogP contribution in [0.5, 0.6) is 28.7 Å². The Hall–Kier alpha value is -2.08. The third kappa shape index (κ3) is 11.2. The molecular formula is C34H26IK2N4O9P. The van der Waals surface area contributed by atoms with Gasteiger partial charge < -0.3 is 44.8 Å². The van der Waals surface area contributed by atoms with Crippen molar-refractivity contribution >= 4 is 52.7 Å². The van der Waals surface area contributed by atoms with E-state index in [1.54, 1.807) is 13.3 Å². The number of hydrogen-bond acceptors (Lipinski definition) is 11. The van der Waals surface area contributed by atoms with E-state index >= 15 is 0 Å². The van der Waals surface area contributed by atoms with Crippen LogP contribution >= 0.6 is 30.8 Å². The van der Waals surface area contributed by atoms with Crippen molar-refractivity contribution in [2.24, 2.45) is 0 Å². The van der Waals surface area contributed by atoms with Gasteiger partial charge in [-0.05, 0) is 82.6 Å². The number of aryl methyl sites for hydroxylation is 1. The van der Waals surface area contributed by atoms with Gasteiger partial charge in [0.2, 0.25) is 13.6 Å². The monoisotopic (exact) mass is 870 g/mol. The second kappa shape index (κ2) is 21.0. The Balaban J connectivity index is 0.000000269. The minimum Gasteiger partial charge on any atom is -1.00 e. The van der Waals surface area contributed by atoms with Crippen molar-refractivity contribution in [1.29, 1.82) is 10.5 Å². The quantitative estimate of drug-likeness (QED) is 0.0832. The standard InChI is InChI=1S/C17H12N2O3.C10H6N2O2.C7H7I.2K.HO4P.H/c1-20-13-4-2-12(3-5-13)19-9-11(8-18)14-6-16-17(7-15(14)19)22-10-21-16;11-3-6-4-12-8-2-10-9(1-7(6)8)13-5-14-10;1-6-2-4-7(8)5-3-6;;;1-4-5(2)3;/h2-7,9H,10H2,1H3;1-2,4,12H,5H2;2-5H,1H3;;;1H;/q;;;2*+1;;-1/p-1. The average Bonchev–Trinajstić information content (AvgIpc) is 3.94. The number of nitrogens with zero attached hydrogens (tertiary/aromatic N) is 3. The zero-order valence-corrected chi connectivity index (χ0v) is 37.1. The number of hydrogen-bond donors (Lipinski definition) is 1. The second-order valence-electron chi connectivity index (χ2n) is 10.1. The Bertz CT molecular complexity index is 2190. The first kappa shape index (κ1) is 43.3. The van der Waals surface area contributed by atoms with Gasteiger partial charge in [-0.3, -0.25) is 0 Å². The topological polar surface area (TPSA) is 187 Å². The van der Waals surface area contributed by atoms with E-state index in [-0.39, 0.29) is 118 Å². The molecule has 0 radical (unpaired) electrons. The smallest absolute Gasteiger partial charge is 1.00 e. The summed E-state index contributed by atoms with van der Waals surface area (Å²) in [4.78, 5) is 11.9. The molecule has 1 unspecified atom stereocenters. The third-order valence-electron chi connectivity index (χ3n) is 7.14. The molecule has 0 spiro atoms. The molecule has 6 aromatic rings. The van der Waals surface area contributed by atoms with Crippen LogP contribution in [0.25, 0.3) is 27.5 Å². The Labute approximate surface area is 393 Å². The van der Waals surface area contributed by atoms with Crippen LogP contribution in [0.2, 0.25) is 0 Å². The van der Waals surface area contributed by atoms with Crippen LogP contribution in [0.3, 0.4) is 0 Å². The van der Waals surface area contributed by atoms with Crippen LogP contribution in [-0.4, -0.2) is 30.2 Å². The Morgan fingerprint density at radius 3 is 1.90 bits per heavy atom. The van der Waals surface area contributed by atoms with Crippen molar-refractivity contribution in [3.05, 3.63) is 105 Å². The number of halogens is 1. The van der Waals surface area contributed by atoms with E-state index in [2.05, 4.69) is 75.6 Å². The van der Waals surface area contributed by atoms with Crippen molar-refractivity contribution in [2.45, 2.75) is 6.92 Å². The van der Waals surface area contributed by atoms with Crippen LogP contribution in [0, 0.1) is 33.2 Å². The summed E-state index contributed by atoms with van der Waals surface area (Å²) in [6, 6.07) is 27.9. The molecule has 250 valence electrons. The average molecular weight is 871 g/mol. The molecule has 2 aliphatic rings. The van der Waals surface area contributed by atoms with Gasteiger partial charge in [0.25, 0.3) is 0 Å². The number of H-pyrrole nitrogens is 1. The van der Waals surface area contributed by atoms with Crippen molar-refractivity contribution < 1.29 is 147 Å². The number of ether oxygens (including phenoxy) is 5. The second-order valence-corrected chi connectivity index (χ2v) is 11.9. The molecule has 0 amide bonds. The van der Waals surface area contributed by atoms with Crippen LogP contribution in [-0.2, 0) is 9.24 Å². The summed E-state index contributed by atoms with van der Waals surface area (Å²) >= 11 is 2.30. The summed E-state index contributed by atoms with van der Waals surface area (Å²) in [6.07, 6.45) is 3.50. The fraction of sp³-hybridized carbons (Fsp3) is 0.118. The Morgan fingerprint density at radius 1 is 0.863 bits per heavy atom. The van der Waals surface area contributed by atoms with Gasteiger partial charge in [-0.25, -0.2) is 4.67 Å². The Morgan fingerprint density at radius 2 is 1.39 bits per heavy atom. The largest absolute Gasteiger partial charge is 1.00 e. The van der Waals surface area contributed by atoms with E-state index in [4.69, 9.17) is 43.7 Å². The maximum absolute atomic E-state index is 9.37. The van der Waals surface area contributed by atoms with E-state index in [0.29, 0.717) is 28.4 Å². The summed E-state index contributed by atoms with van der Waals surface area (Å²) in [5.41, 5.74) is 5.30. The maximum atomic E-state index is 9.37. The summed E-state index contributed by atoms with van der Waals surface area (Å²) in [6.45, 7) is 2.56. The number of aromatic nitrogens is 2. The summed E-state index contributed by atoms with van der Waals surface area (Å²) < 4.78 is 41.1. The molecule has 17 heteroatoms. The number of nitriles is 2. The van der Waals surface area contributed by atoms with Gasteiger partial charge in [0.05, 0.1) is 29.3 Å². The van der Waals surface area contributed by atoms with E-state index in [1.807, 2.05) is 59.3 Å².